The lowest BCUT2D eigenvalue weighted by Gasteiger charge is -2.30. The molecule has 3 amide bonds. The Morgan fingerprint density at radius 2 is 2.06 bits per heavy atom. The molecular formula is C13H25N3O2. The van der Waals surface area contributed by atoms with Crippen molar-refractivity contribution in [3.8, 4) is 0 Å². The highest BCUT2D eigenvalue weighted by Gasteiger charge is 2.20. The minimum absolute atomic E-state index is 0.0659. The fourth-order valence-corrected chi connectivity index (χ4v) is 2.02. The van der Waals surface area contributed by atoms with Crippen molar-refractivity contribution in [1.29, 1.82) is 0 Å². The van der Waals surface area contributed by atoms with Crippen molar-refractivity contribution in [2.75, 3.05) is 26.2 Å². The number of carbonyl (C=O) groups is 2. The van der Waals surface area contributed by atoms with Crippen LogP contribution >= 0.6 is 0 Å². The van der Waals surface area contributed by atoms with Crippen molar-refractivity contribution in [2.45, 2.75) is 33.6 Å². The van der Waals surface area contributed by atoms with Crippen molar-refractivity contribution in [3.05, 3.63) is 0 Å². The number of rotatable bonds is 4. The van der Waals surface area contributed by atoms with E-state index >= 15 is 0 Å². The summed E-state index contributed by atoms with van der Waals surface area (Å²) in [6.45, 7) is 8.52. The number of likely N-dealkylation sites (tertiary alicyclic amines) is 1. The van der Waals surface area contributed by atoms with Crippen molar-refractivity contribution < 1.29 is 9.59 Å². The fraction of sp³-hybridized carbons (Fsp3) is 0.846. The number of nitrogens with zero attached hydrogens (tertiary/aromatic N) is 1. The molecule has 1 atom stereocenters. The third kappa shape index (κ3) is 5.38. The number of hydrogen-bond donors (Lipinski definition) is 2. The van der Waals surface area contributed by atoms with E-state index in [0.717, 1.165) is 19.5 Å². The second-order valence-corrected chi connectivity index (χ2v) is 5.55. The van der Waals surface area contributed by atoms with E-state index in [1.54, 1.807) is 4.90 Å². The first-order valence-electron chi connectivity index (χ1n) is 6.78. The summed E-state index contributed by atoms with van der Waals surface area (Å²) in [4.78, 5) is 25.1. The summed E-state index contributed by atoms with van der Waals surface area (Å²) < 4.78 is 0. The lowest BCUT2D eigenvalue weighted by Crippen LogP contribution is -2.48. The number of amides is 3. The first-order valence-corrected chi connectivity index (χ1v) is 6.78. The van der Waals surface area contributed by atoms with Crippen LogP contribution in [-0.4, -0.2) is 43.0 Å². The summed E-state index contributed by atoms with van der Waals surface area (Å²) in [5.74, 6) is 0.856. The van der Waals surface area contributed by atoms with E-state index in [1.807, 2.05) is 13.8 Å². The maximum Gasteiger partial charge on any atom is 0.317 e. The Kier molecular flexibility index (Phi) is 5.95. The molecule has 0 saturated carbocycles. The molecule has 0 aromatic heterocycles. The monoisotopic (exact) mass is 255 g/mol. The highest BCUT2D eigenvalue weighted by atomic mass is 16.2. The molecule has 1 unspecified atom stereocenters. The number of piperidine rings is 1. The third-order valence-electron chi connectivity index (χ3n) is 3.05. The highest BCUT2D eigenvalue weighted by molar-refractivity contribution is 5.83. The van der Waals surface area contributed by atoms with Crippen molar-refractivity contribution >= 4 is 11.9 Å². The standard InChI is InChI=1S/C13H25N3O2/c1-10(2)7-14-12(17)8-15-13(18)16-6-4-5-11(3)9-16/h10-11H,4-9H2,1-3H3,(H,14,17)(H,15,18). The molecule has 18 heavy (non-hydrogen) atoms. The summed E-state index contributed by atoms with van der Waals surface area (Å²) in [5.41, 5.74) is 0. The molecule has 0 aliphatic carbocycles. The van der Waals surface area contributed by atoms with Crippen LogP contribution in [0.15, 0.2) is 0 Å². The molecule has 104 valence electrons. The Bertz CT molecular complexity index is 292. The molecule has 1 fully saturated rings. The van der Waals surface area contributed by atoms with Crippen LogP contribution in [-0.2, 0) is 4.79 Å². The van der Waals surface area contributed by atoms with Crippen LogP contribution in [0.2, 0.25) is 0 Å². The maximum atomic E-state index is 11.8. The molecule has 0 radical (unpaired) electrons. The Morgan fingerprint density at radius 1 is 1.33 bits per heavy atom. The predicted octanol–water partition coefficient (Wildman–Crippen LogP) is 1.20. The quantitative estimate of drug-likeness (QED) is 0.793. The van der Waals surface area contributed by atoms with Crippen molar-refractivity contribution in [2.24, 2.45) is 11.8 Å². The Balaban J connectivity index is 2.21. The van der Waals surface area contributed by atoms with Gasteiger partial charge in [-0.1, -0.05) is 20.8 Å². The van der Waals surface area contributed by atoms with E-state index in [0.29, 0.717) is 18.4 Å². The second kappa shape index (κ2) is 7.24. The first-order chi connectivity index (χ1) is 8.49. The maximum absolute atomic E-state index is 11.8. The van der Waals surface area contributed by atoms with Gasteiger partial charge in [-0.15, -0.1) is 0 Å². The Labute approximate surface area is 109 Å². The molecule has 0 aromatic carbocycles. The molecule has 0 spiro atoms. The molecule has 1 aliphatic heterocycles. The van der Waals surface area contributed by atoms with Gasteiger partial charge in [0.15, 0.2) is 0 Å². The van der Waals surface area contributed by atoms with Gasteiger partial charge < -0.3 is 15.5 Å². The third-order valence-corrected chi connectivity index (χ3v) is 3.05. The van der Waals surface area contributed by atoms with E-state index in [-0.39, 0.29) is 18.5 Å². The largest absolute Gasteiger partial charge is 0.354 e. The summed E-state index contributed by atoms with van der Waals surface area (Å²) in [5, 5.41) is 5.45. The van der Waals surface area contributed by atoms with Crippen molar-refractivity contribution in [1.82, 2.24) is 15.5 Å². The van der Waals surface area contributed by atoms with Gasteiger partial charge in [0.2, 0.25) is 5.91 Å². The van der Waals surface area contributed by atoms with Gasteiger partial charge in [-0.2, -0.15) is 0 Å². The highest BCUT2D eigenvalue weighted by Crippen LogP contribution is 2.14. The molecule has 1 aliphatic rings. The average molecular weight is 255 g/mol. The number of carbonyl (C=O) groups excluding carboxylic acids is 2. The van der Waals surface area contributed by atoms with Crippen LogP contribution in [0, 0.1) is 11.8 Å². The van der Waals surface area contributed by atoms with Gasteiger partial charge in [-0.3, -0.25) is 4.79 Å². The summed E-state index contributed by atoms with van der Waals surface area (Å²) >= 11 is 0. The zero-order chi connectivity index (χ0) is 13.5. The summed E-state index contributed by atoms with van der Waals surface area (Å²) in [7, 11) is 0. The summed E-state index contributed by atoms with van der Waals surface area (Å²) in [6.07, 6.45) is 2.23. The minimum atomic E-state index is -0.124. The van der Waals surface area contributed by atoms with E-state index in [2.05, 4.69) is 17.6 Å². The van der Waals surface area contributed by atoms with Gasteiger partial charge in [0.25, 0.3) is 0 Å². The lowest BCUT2D eigenvalue weighted by atomic mass is 10.0. The molecule has 5 heteroatoms. The van der Waals surface area contributed by atoms with Gasteiger partial charge in [0, 0.05) is 19.6 Å². The second-order valence-electron chi connectivity index (χ2n) is 5.55. The Morgan fingerprint density at radius 3 is 2.67 bits per heavy atom. The molecule has 2 N–H and O–H groups in total. The topological polar surface area (TPSA) is 61.4 Å². The zero-order valence-corrected chi connectivity index (χ0v) is 11.7. The zero-order valence-electron chi connectivity index (χ0n) is 11.7. The van der Waals surface area contributed by atoms with Crippen LogP contribution in [0.25, 0.3) is 0 Å². The minimum Gasteiger partial charge on any atom is -0.354 e. The molecule has 0 bridgehead atoms. The number of urea groups is 1. The van der Waals surface area contributed by atoms with E-state index in [9.17, 15) is 9.59 Å². The molecule has 1 rings (SSSR count). The smallest absolute Gasteiger partial charge is 0.317 e. The van der Waals surface area contributed by atoms with E-state index in [1.165, 1.54) is 6.42 Å². The lowest BCUT2D eigenvalue weighted by molar-refractivity contribution is -0.120. The van der Waals surface area contributed by atoms with Crippen molar-refractivity contribution in [3.63, 3.8) is 0 Å². The van der Waals surface area contributed by atoms with Gasteiger partial charge in [-0.25, -0.2) is 4.79 Å². The predicted molar refractivity (Wildman–Crippen MR) is 71.2 cm³/mol. The number of nitrogens with one attached hydrogen (secondary N) is 2. The van der Waals surface area contributed by atoms with Crippen LogP contribution in [0.5, 0.6) is 0 Å². The normalized spacial score (nSPS) is 19.8. The molecule has 0 aromatic rings. The fourth-order valence-electron chi connectivity index (χ4n) is 2.02. The SMILES string of the molecule is CC(C)CNC(=O)CNC(=O)N1CCCC(C)C1. The van der Waals surface area contributed by atoms with Gasteiger partial charge in [-0.05, 0) is 24.7 Å². The average Bonchev–Trinajstić information content (AvgIpc) is 2.33. The van der Waals surface area contributed by atoms with Crippen LogP contribution in [0.1, 0.15) is 33.6 Å². The summed E-state index contributed by atoms with van der Waals surface area (Å²) in [6, 6.07) is -0.124. The number of hydrogen-bond acceptors (Lipinski definition) is 2. The molecule has 1 saturated heterocycles. The van der Waals surface area contributed by atoms with E-state index in [4.69, 9.17) is 0 Å². The van der Waals surface area contributed by atoms with Crippen LogP contribution < -0.4 is 10.6 Å². The molecule has 1 heterocycles. The van der Waals surface area contributed by atoms with Gasteiger partial charge >= 0.3 is 6.03 Å². The Hall–Kier alpha value is -1.26. The van der Waals surface area contributed by atoms with Crippen LogP contribution in [0.4, 0.5) is 4.79 Å². The van der Waals surface area contributed by atoms with E-state index < -0.39 is 0 Å². The van der Waals surface area contributed by atoms with Gasteiger partial charge in [0.1, 0.15) is 0 Å². The molecular weight excluding hydrogens is 230 g/mol. The molecule has 5 nitrogen and oxygen atoms in total. The van der Waals surface area contributed by atoms with Gasteiger partial charge in [0.05, 0.1) is 6.54 Å². The van der Waals surface area contributed by atoms with Crippen LogP contribution in [0.3, 0.4) is 0 Å². The first kappa shape index (κ1) is 14.8.